The van der Waals surface area contributed by atoms with Crippen LogP contribution in [0, 0.1) is 6.92 Å². The number of rotatable bonds is 6. The van der Waals surface area contributed by atoms with Crippen molar-refractivity contribution in [2.45, 2.75) is 19.9 Å². The number of nitrogens with two attached hydrogens (primary N) is 1. The lowest BCUT2D eigenvalue weighted by Crippen LogP contribution is -2.37. The summed E-state index contributed by atoms with van der Waals surface area (Å²) in [5.41, 5.74) is 9.32. The van der Waals surface area contributed by atoms with Gasteiger partial charge in [0.1, 0.15) is 0 Å². The topological polar surface area (TPSA) is 60.5 Å². The van der Waals surface area contributed by atoms with Crippen molar-refractivity contribution in [1.29, 1.82) is 0 Å². The molecule has 24 heavy (non-hydrogen) atoms. The summed E-state index contributed by atoms with van der Waals surface area (Å²) in [5.74, 6) is -0.364. The summed E-state index contributed by atoms with van der Waals surface area (Å²) < 4.78 is 7.56. The maximum absolute atomic E-state index is 11.7. The molecule has 2 aromatic rings. The third-order valence-corrected chi connectivity index (χ3v) is 4.62. The Hall–Kier alpha value is -2.11. The first-order valence-electron chi connectivity index (χ1n) is 8.52. The highest BCUT2D eigenvalue weighted by molar-refractivity contribution is 5.96. The van der Waals surface area contributed by atoms with Gasteiger partial charge in [-0.2, -0.15) is 0 Å². The largest absolute Gasteiger partial charge is 0.379 e. The average molecular weight is 327 g/mol. The van der Waals surface area contributed by atoms with E-state index in [1.807, 2.05) is 31.3 Å². The second-order valence-corrected chi connectivity index (χ2v) is 6.25. The number of morpholine rings is 1. The van der Waals surface area contributed by atoms with Crippen LogP contribution in [0.5, 0.6) is 0 Å². The molecule has 0 aliphatic carbocycles. The lowest BCUT2D eigenvalue weighted by atomic mass is 10.1. The van der Waals surface area contributed by atoms with Crippen molar-refractivity contribution in [1.82, 2.24) is 9.47 Å². The first kappa shape index (κ1) is 16.7. The summed E-state index contributed by atoms with van der Waals surface area (Å²) in [5, 5.41) is 0. The smallest absolute Gasteiger partial charge is 0.250 e. The van der Waals surface area contributed by atoms with Gasteiger partial charge in [0, 0.05) is 32.4 Å². The molecule has 2 heterocycles. The molecule has 128 valence electrons. The normalized spacial score (nSPS) is 15.5. The Bertz CT molecular complexity index is 688. The molecule has 1 aromatic heterocycles. The summed E-state index contributed by atoms with van der Waals surface area (Å²) in [4.78, 5) is 14.2. The summed E-state index contributed by atoms with van der Waals surface area (Å²) in [6.45, 7) is 7.54. The molecule has 3 rings (SSSR count). The Morgan fingerprint density at radius 1 is 1.17 bits per heavy atom. The van der Waals surface area contributed by atoms with Crippen LogP contribution in [0.1, 0.15) is 22.3 Å². The molecule has 0 unspecified atom stereocenters. The quantitative estimate of drug-likeness (QED) is 0.885. The van der Waals surface area contributed by atoms with E-state index in [4.69, 9.17) is 10.5 Å². The molecule has 0 atom stereocenters. The number of primary amides is 1. The molecule has 1 fully saturated rings. The van der Waals surface area contributed by atoms with Crippen molar-refractivity contribution in [2.24, 2.45) is 5.73 Å². The SMILES string of the molecule is Cc1c(C(N)=O)cn(CCCN2CCOCC2)c1-c1ccccc1. The van der Waals surface area contributed by atoms with Gasteiger partial charge in [0.15, 0.2) is 0 Å². The van der Waals surface area contributed by atoms with Crippen LogP contribution in [-0.2, 0) is 11.3 Å². The van der Waals surface area contributed by atoms with E-state index in [0.717, 1.165) is 62.6 Å². The number of benzene rings is 1. The van der Waals surface area contributed by atoms with Gasteiger partial charge in [-0.05, 0) is 24.5 Å². The number of aryl methyl sites for hydroxylation is 1. The first-order valence-corrected chi connectivity index (χ1v) is 8.52. The van der Waals surface area contributed by atoms with Crippen molar-refractivity contribution >= 4 is 5.91 Å². The maximum Gasteiger partial charge on any atom is 0.250 e. The van der Waals surface area contributed by atoms with Gasteiger partial charge in [-0.3, -0.25) is 9.69 Å². The minimum absolute atomic E-state index is 0.364. The Morgan fingerprint density at radius 2 is 1.88 bits per heavy atom. The molecule has 1 saturated heterocycles. The van der Waals surface area contributed by atoms with E-state index in [9.17, 15) is 4.79 Å². The van der Waals surface area contributed by atoms with Crippen LogP contribution in [0.3, 0.4) is 0 Å². The maximum atomic E-state index is 11.7. The Labute approximate surface area is 143 Å². The molecule has 5 nitrogen and oxygen atoms in total. The monoisotopic (exact) mass is 327 g/mol. The number of carbonyl (C=O) groups is 1. The van der Waals surface area contributed by atoms with Gasteiger partial charge in [0.05, 0.1) is 24.5 Å². The molecule has 1 amide bonds. The van der Waals surface area contributed by atoms with Crippen LogP contribution in [0.4, 0.5) is 0 Å². The van der Waals surface area contributed by atoms with Crippen molar-refractivity contribution in [2.75, 3.05) is 32.8 Å². The van der Waals surface area contributed by atoms with E-state index in [1.54, 1.807) is 0 Å². The number of amides is 1. The van der Waals surface area contributed by atoms with Crippen LogP contribution in [0.15, 0.2) is 36.5 Å². The van der Waals surface area contributed by atoms with Crippen molar-refractivity contribution in [3.63, 3.8) is 0 Å². The predicted octanol–water partition coefficient (Wildman–Crippen LogP) is 2.28. The highest BCUT2D eigenvalue weighted by Crippen LogP contribution is 2.28. The molecule has 1 aromatic carbocycles. The van der Waals surface area contributed by atoms with E-state index in [1.165, 1.54) is 0 Å². The van der Waals surface area contributed by atoms with Crippen molar-refractivity contribution in [3.8, 4) is 11.3 Å². The number of ether oxygens (including phenoxy) is 1. The summed E-state index contributed by atoms with van der Waals surface area (Å²) in [6, 6.07) is 10.2. The van der Waals surface area contributed by atoms with Gasteiger partial charge < -0.3 is 15.0 Å². The van der Waals surface area contributed by atoms with Gasteiger partial charge in [-0.15, -0.1) is 0 Å². The summed E-state index contributed by atoms with van der Waals surface area (Å²) >= 11 is 0. The van der Waals surface area contributed by atoms with Gasteiger partial charge in [-0.25, -0.2) is 0 Å². The van der Waals surface area contributed by atoms with Crippen molar-refractivity contribution < 1.29 is 9.53 Å². The number of carbonyl (C=O) groups excluding carboxylic acids is 1. The fourth-order valence-corrected chi connectivity index (χ4v) is 3.35. The number of hydrogen-bond acceptors (Lipinski definition) is 3. The van der Waals surface area contributed by atoms with Crippen LogP contribution in [0.2, 0.25) is 0 Å². The van der Waals surface area contributed by atoms with E-state index >= 15 is 0 Å². The number of aromatic nitrogens is 1. The average Bonchev–Trinajstić information content (AvgIpc) is 2.93. The van der Waals surface area contributed by atoms with Gasteiger partial charge >= 0.3 is 0 Å². The molecule has 0 radical (unpaired) electrons. The minimum Gasteiger partial charge on any atom is -0.379 e. The molecule has 1 aliphatic rings. The Morgan fingerprint density at radius 3 is 2.54 bits per heavy atom. The lowest BCUT2D eigenvalue weighted by Gasteiger charge is -2.26. The molecule has 5 heteroatoms. The zero-order chi connectivity index (χ0) is 16.9. The highest BCUT2D eigenvalue weighted by Gasteiger charge is 2.17. The highest BCUT2D eigenvalue weighted by atomic mass is 16.5. The Balaban J connectivity index is 1.78. The van der Waals surface area contributed by atoms with Crippen molar-refractivity contribution in [3.05, 3.63) is 47.7 Å². The van der Waals surface area contributed by atoms with Crippen LogP contribution in [0.25, 0.3) is 11.3 Å². The van der Waals surface area contributed by atoms with Crippen LogP contribution < -0.4 is 5.73 Å². The minimum atomic E-state index is -0.364. The van der Waals surface area contributed by atoms with Gasteiger partial charge in [0.25, 0.3) is 5.91 Å². The van der Waals surface area contributed by atoms with Gasteiger partial charge in [-0.1, -0.05) is 30.3 Å². The predicted molar refractivity (Wildman–Crippen MR) is 95.0 cm³/mol. The van der Waals surface area contributed by atoms with E-state index in [-0.39, 0.29) is 5.91 Å². The standard InChI is InChI=1S/C19H25N3O2/c1-15-17(19(20)23)14-22(18(15)16-6-3-2-4-7-16)9-5-8-21-10-12-24-13-11-21/h2-4,6-7,14H,5,8-13H2,1H3,(H2,20,23). The van der Waals surface area contributed by atoms with E-state index < -0.39 is 0 Å². The molecule has 0 bridgehead atoms. The van der Waals surface area contributed by atoms with E-state index in [0.29, 0.717) is 5.56 Å². The zero-order valence-electron chi connectivity index (χ0n) is 14.2. The Kier molecular flexibility index (Phi) is 5.33. The first-order chi connectivity index (χ1) is 11.7. The fourth-order valence-electron chi connectivity index (χ4n) is 3.35. The summed E-state index contributed by atoms with van der Waals surface area (Å²) in [7, 11) is 0. The van der Waals surface area contributed by atoms with E-state index in [2.05, 4.69) is 21.6 Å². The van der Waals surface area contributed by atoms with Crippen LogP contribution >= 0.6 is 0 Å². The fraction of sp³-hybridized carbons (Fsp3) is 0.421. The molecular formula is C19H25N3O2. The molecule has 0 spiro atoms. The number of nitrogens with zero attached hydrogens (tertiary/aromatic N) is 2. The third kappa shape index (κ3) is 3.68. The summed E-state index contributed by atoms with van der Waals surface area (Å²) in [6.07, 6.45) is 2.94. The molecule has 1 aliphatic heterocycles. The molecule has 2 N–H and O–H groups in total. The van der Waals surface area contributed by atoms with Crippen LogP contribution in [-0.4, -0.2) is 48.2 Å². The lowest BCUT2D eigenvalue weighted by molar-refractivity contribution is 0.0369. The van der Waals surface area contributed by atoms with Gasteiger partial charge in [0.2, 0.25) is 0 Å². The molecule has 0 saturated carbocycles. The second-order valence-electron chi connectivity index (χ2n) is 6.25. The number of hydrogen-bond donors (Lipinski definition) is 1. The third-order valence-electron chi connectivity index (χ3n) is 4.62. The second kappa shape index (κ2) is 7.64. The molecular weight excluding hydrogens is 302 g/mol. The zero-order valence-corrected chi connectivity index (χ0v) is 14.2.